The summed E-state index contributed by atoms with van der Waals surface area (Å²) in [4.78, 5) is 32.8. The Bertz CT molecular complexity index is 1050. The molecule has 0 radical (unpaired) electrons. The summed E-state index contributed by atoms with van der Waals surface area (Å²) in [5.74, 6) is 0.667. The number of aryl methyl sites for hydroxylation is 1. The van der Waals surface area contributed by atoms with E-state index in [-0.39, 0.29) is 11.6 Å². The molecule has 0 fully saturated rings. The number of ether oxygens (including phenoxy) is 2. The minimum absolute atomic E-state index is 0.201. The highest BCUT2D eigenvalue weighted by Gasteiger charge is 2.12. The van der Waals surface area contributed by atoms with Crippen LogP contribution in [-0.4, -0.2) is 36.1 Å². The number of benzene rings is 2. The van der Waals surface area contributed by atoms with Gasteiger partial charge in [0.25, 0.3) is 5.91 Å². The molecule has 0 saturated carbocycles. The first-order valence-electron chi connectivity index (χ1n) is 8.75. The highest BCUT2D eigenvalue weighted by Crippen LogP contribution is 2.20. The van der Waals surface area contributed by atoms with Gasteiger partial charge in [-0.15, -0.1) is 0 Å². The van der Waals surface area contributed by atoms with Crippen molar-refractivity contribution < 1.29 is 19.1 Å². The van der Waals surface area contributed by atoms with E-state index in [0.717, 1.165) is 0 Å². The maximum absolute atomic E-state index is 12.6. The summed E-state index contributed by atoms with van der Waals surface area (Å²) in [6, 6.07) is 15.4. The highest BCUT2D eigenvalue weighted by molar-refractivity contribution is 6.03. The average molecular weight is 392 g/mol. The van der Waals surface area contributed by atoms with Crippen molar-refractivity contribution in [3.63, 3.8) is 0 Å². The second-order valence-corrected chi connectivity index (χ2v) is 6.07. The van der Waals surface area contributed by atoms with Crippen LogP contribution in [-0.2, 0) is 4.74 Å². The Balaban J connectivity index is 1.80. The van der Waals surface area contributed by atoms with Crippen molar-refractivity contribution in [2.24, 2.45) is 0 Å². The molecule has 0 aliphatic heterocycles. The lowest BCUT2D eigenvalue weighted by atomic mass is 10.2. The average Bonchev–Trinajstić information content (AvgIpc) is 2.73. The predicted molar refractivity (Wildman–Crippen MR) is 109 cm³/mol. The molecule has 1 amide bonds. The van der Waals surface area contributed by atoms with Gasteiger partial charge in [0.2, 0.25) is 0 Å². The Morgan fingerprint density at radius 1 is 0.931 bits per heavy atom. The number of esters is 1. The molecule has 0 aliphatic carbocycles. The van der Waals surface area contributed by atoms with Crippen LogP contribution in [0.25, 0.3) is 0 Å². The Hall–Kier alpha value is -3.94. The number of nitrogens with zero attached hydrogens (tertiary/aromatic N) is 2. The molecule has 2 aromatic carbocycles. The van der Waals surface area contributed by atoms with Crippen LogP contribution >= 0.6 is 0 Å². The lowest BCUT2D eigenvalue weighted by molar-refractivity contribution is 0.0600. The fourth-order valence-electron chi connectivity index (χ4n) is 2.63. The predicted octanol–water partition coefficient (Wildman–Crippen LogP) is 3.58. The van der Waals surface area contributed by atoms with Gasteiger partial charge in [-0.25, -0.2) is 14.8 Å². The molecule has 3 aromatic rings. The van der Waals surface area contributed by atoms with Gasteiger partial charge in [-0.1, -0.05) is 12.1 Å². The summed E-state index contributed by atoms with van der Waals surface area (Å²) in [6.45, 7) is 1.69. The van der Waals surface area contributed by atoms with E-state index in [1.165, 1.54) is 13.2 Å². The molecule has 0 bridgehead atoms. The van der Waals surface area contributed by atoms with Crippen LogP contribution in [0.4, 0.5) is 17.2 Å². The molecule has 0 spiro atoms. The number of hydrogen-bond donors (Lipinski definition) is 2. The summed E-state index contributed by atoms with van der Waals surface area (Å²) in [5, 5.41) is 5.87. The second-order valence-electron chi connectivity index (χ2n) is 6.07. The van der Waals surface area contributed by atoms with E-state index < -0.39 is 5.97 Å². The van der Waals surface area contributed by atoms with Crippen molar-refractivity contribution in [2.45, 2.75) is 6.92 Å². The molecule has 0 atom stereocenters. The molecule has 8 heteroatoms. The largest absolute Gasteiger partial charge is 0.497 e. The molecule has 29 heavy (non-hydrogen) atoms. The molecule has 0 unspecified atom stereocenters. The highest BCUT2D eigenvalue weighted by atomic mass is 16.5. The second kappa shape index (κ2) is 8.83. The number of rotatable bonds is 6. The van der Waals surface area contributed by atoms with Gasteiger partial charge < -0.3 is 20.1 Å². The van der Waals surface area contributed by atoms with Crippen LogP contribution < -0.4 is 15.4 Å². The Kier molecular flexibility index (Phi) is 6.03. The molecular formula is C21H20N4O4. The topological polar surface area (TPSA) is 102 Å². The van der Waals surface area contributed by atoms with Gasteiger partial charge in [-0.05, 0) is 37.3 Å². The Labute approximate surface area is 167 Å². The van der Waals surface area contributed by atoms with Crippen molar-refractivity contribution in [1.82, 2.24) is 9.97 Å². The minimum Gasteiger partial charge on any atom is -0.497 e. The van der Waals surface area contributed by atoms with Crippen LogP contribution in [0.2, 0.25) is 0 Å². The summed E-state index contributed by atoms with van der Waals surface area (Å²) in [7, 11) is 2.88. The minimum atomic E-state index is -0.439. The molecule has 3 rings (SSSR count). The first-order chi connectivity index (χ1) is 14.0. The number of methoxy groups -OCH3 is 2. The number of nitrogens with one attached hydrogen (secondary N) is 2. The third-order valence-corrected chi connectivity index (χ3v) is 3.95. The monoisotopic (exact) mass is 392 g/mol. The molecule has 0 saturated heterocycles. The van der Waals surface area contributed by atoms with Gasteiger partial charge in [-0.3, -0.25) is 4.79 Å². The van der Waals surface area contributed by atoms with Gasteiger partial charge in [0.1, 0.15) is 23.1 Å². The van der Waals surface area contributed by atoms with Crippen LogP contribution in [0.3, 0.4) is 0 Å². The van der Waals surface area contributed by atoms with Gasteiger partial charge in [0.05, 0.1) is 19.8 Å². The maximum atomic E-state index is 12.6. The quantitative estimate of drug-likeness (QED) is 0.618. The molecule has 1 heterocycles. The lowest BCUT2D eigenvalue weighted by Gasteiger charge is -2.10. The number of carbonyl (C=O) groups excluding carboxylic acids is 2. The van der Waals surface area contributed by atoms with Crippen molar-refractivity contribution in [2.75, 3.05) is 24.9 Å². The summed E-state index contributed by atoms with van der Waals surface area (Å²) in [5.41, 5.74) is 1.82. The van der Waals surface area contributed by atoms with Crippen LogP contribution in [0, 0.1) is 6.92 Å². The van der Waals surface area contributed by atoms with Crippen LogP contribution in [0.5, 0.6) is 5.75 Å². The smallest absolute Gasteiger partial charge is 0.337 e. The van der Waals surface area contributed by atoms with E-state index in [9.17, 15) is 9.59 Å². The van der Waals surface area contributed by atoms with Gasteiger partial charge >= 0.3 is 5.97 Å². The molecule has 8 nitrogen and oxygen atoms in total. The number of hydrogen-bond acceptors (Lipinski definition) is 7. The van der Waals surface area contributed by atoms with Crippen LogP contribution in [0.1, 0.15) is 26.7 Å². The van der Waals surface area contributed by atoms with Crippen molar-refractivity contribution in [1.29, 1.82) is 0 Å². The molecule has 148 valence electrons. The number of carbonyl (C=O) groups is 2. The SMILES string of the molecule is COC(=O)c1cccc(Nc2cc(C(=O)Nc3cccc(OC)c3)nc(C)n2)c1. The van der Waals surface area contributed by atoms with Gasteiger partial charge in [0.15, 0.2) is 0 Å². The number of aromatic nitrogens is 2. The molecule has 0 aliphatic rings. The fraction of sp³-hybridized carbons (Fsp3) is 0.143. The molecule has 2 N–H and O–H groups in total. The summed E-state index contributed by atoms with van der Waals surface area (Å²) < 4.78 is 9.89. The maximum Gasteiger partial charge on any atom is 0.337 e. The first-order valence-corrected chi connectivity index (χ1v) is 8.75. The van der Waals surface area contributed by atoms with E-state index in [0.29, 0.717) is 34.3 Å². The number of anilines is 3. The van der Waals surface area contributed by atoms with Crippen molar-refractivity contribution >= 4 is 29.1 Å². The molecular weight excluding hydrogens is 372 g/mol. The zero-order valence-electron chi connectivity index (χ0n) is 16.2. The van der Waals surface area contributed by atoms with E-state index >= 15 is 0 Å². The third-order valence-electron chi connectivity index (χ3n) is 3.95. The number of amides is 1. The molecule has 1 aromatic heterocycles. The standard InChI is InChI=1S/C21H20N4O4/c1-13-22-18(20(26)25-16-8-5-9-17(11-16)28-2)12-19(23-13)24-15-7-4-6-14(10-15)21(27)29-3/h4-12H,1-3H3,(H,25,26)(H,22,23,24). The van der Waals surface area contributed by atoms with E-state index in [1.807, 2.05) is 0 Å². The van der Waals surface area contributed by atoms with Gasteiger partial charge in [0, 0.05) is 23.5 Å². The van der Waals surface area contributed by atoms with E-state index in [4.69, 9.17) is 9.47 Å². The zero-order valence-corrected chi connectivity index (χ0v) is 16.2. The third kappa shape index (κ3) is 5.07. The Morgan fingerprint density at radius 2 is 1.69 bits per heavy atom. The van der Waals surface area contributed by atoms with Gasteiger partial charge in [-0.2, -0.15) is 0 Å². The normalized spacial score (nSPS) is 10.2. The summed E-state index contributed by atoms with van der Waals surface area (Å²) in [6.07, 6.45) is 0. The van der Waals surface area contributed by atoms with E-state index in [2.05, 4.69) is 20.6 Å². The van der Waals surface area contributed by atoms with Crippen LogP contribution in [0.15, 0.2) is 54.6 Å². The zero-order chi connectivity index (χ0) is 20.8. The van der Waals surface area contributed by atoms with E-state index in [1.54, 1.807) is 62.6 Å². The van der Waals surface area contributed by atoms with Crippen molar-refractivity contribution in [3.05, 3.63) is 71.7 Å². The Morgan fingerprint density at radius 3 is 2.45 bits per heavy atom. The van der Waals surface area contributed by atoms with Crippen molar-refractivity contribution in [3.8, 4) is 5.75 Å². The first kappa shape index (κ1) is 19.8. The fourth-order valence-corrected chi connectivity index (χ4v) is 2.63. The summed E-state index contributed by atoms with van der Waals surface area (Å²) >= 11 is 0. The lowest BCUT2D eigenvalue weighted by Crippen LogP contribution is -2.15.